The van der Waals surface area contributed by atoms with Crippen LogP contribution in [0.15, 0.2) is 24.3 Å². The Balaban J connectivity index is 1.66. The molecule has 3 heteroatoms. The summed E-state index contributed by atoms with van der Waals surface area (Å²) < 4.78 is 0. The first kappa shape index (κ1) is 17.3. The summed E-state index contributed by atoms with van der Waals surface area (Å²) in [5.41, 5.74) is 8.18. The number of benzene rings is 1. The van der Waals surface area contributed by atoms with Crippen molar-refractivity contribution in [2.24, 2.45) is 11.7 Å². The fourth-order valence-electron chi connectivity index (χ4n) is 3.27. The molecule has 1 heterocycles. The van der Waals surface area contributed by atoms with Crippen LogP contribution in [0.3, 0.4) is 0 Å². The van der Waals surface area contributed by atoms with Crippen molar-refractivity contribution < 1.29 is 0 Å². The van der Waals surface area contributed by atoms with Gasteiger partial charge in [-0.3, -0.25) is 4.90 Å². The maximum absolute atomic E-state index is 5.50. The summed E-state index contributed by atoms with van der Waals surface area (Å²) in [6.45, 7) is 7.87. The van der Waals surface area contributed by atoms with Crippen LogP contribution in [0.5, 0.6) is 0 Å². The van der Waals surface area contributed by atoms with Crippen molar-refractivity contribution >= 4 is 5.69 Å². The lowest BCUT2D eigenvalue weighted by molar-refractivity contribution is 0.176. The van der Waals surface area contributed by atoms with Gasteiger partial charge in [0.25, 0.3) is 0 Å². The van der Waals surface area contributed by atoms with E-state index in [2.05, 4.69) is 41.4 Å². The van der Waals surface area contributed by atoms with Gasteiger partial charge in [0.1, 0.15) is 0 Å². The van der Waals surface area contributed by atoms with Crippen LogP contribution in [-0.4, -0.2) is 31.1 Å². The van der Waals surface area contributed by atoms with E-state index in [4.69, 9.17) is 5.73 Å². The van der Waals surface area contributed by atoms with Crippen LogP contribution >= 0.6 is 0 Å². The van der Waals surface area contributed by atoms with Gasteiger partial charge >= 0.3 is 0 Å². The largest absolute Gasteiger partial charge is 0.385 e. The van der Waals surface area contributed by atoms with Gasteiger partial charge < -0.3 is 11.1 Å². The molecule has 1 fully saturated rings. The fraction of sp³-hybridized carbons (Fsp3) is 0.684. The molecule has 1 saturated heterocycles. The molecule has 3 nitrogen and oxygen atoms in total. The SMILES string of the molecule is CC1CCCN(Cc2ccc(NCCCCCCN)cc2)C1. The van der Waals surface area contributed by atoms with Crippen molar-refractivity contribution in [1.29, 1.82) is 0 Å². The molecule has 1 aromatic carbocycles. The topological polar surface area (TPSA) is 41.3 Å². The van der Waals surface area contributed by atoms with Crippen LogP contribution in [0.1, 0.15) is 51.0 Å². The lowest BCUT2D eigenvalue weighted by atomic mass is 10.00. The van der Waals surface area contributed by atoms with Crippen LogP contribution in [0.2, 0.25) is 0 Å². The minimum atomic E-state index is 0.824. The monoisotopic (exact) mass is 303 g/mol. The summed E-state index contributed by atoms with van der Waals surface area (Å²) in [4.78, 5) is 2.59. The molecule has 0 amide bonds. The summed E-state index contributed by atoms with van der Waals surface area (Å²) in [5, 5.41) is 3.51. The van der Waals surface area contributed by atoms with Gasteiger partial charge in [0.15, 0.2) is 0 Å². The number of hydrogen-bond acceptors (Lipinski definition) is 3. The molecule has 0 aliphatic carbocycles. The predicted octanol–water partition coefficient (Wildman–Crippen LogP) is 3.85. The van der Waals surface area contributed by atoms with Gasteiger partial charge in [-0.25, -0.2) is 0 Å². The molecular formula is C19H33N3. The zero-order valence-corrected chi connectivity index (χ0v) is 14.2. The van der Waals surface area contributed by atoms with E-state index in [0.29, 0.717) is 0 Å². The van der Waals surface area contributed by atoms with Gasteiger partial charge in [-0.05, 0) is 62.4 Å². The number of likely N-dealkylation sites (tertiary alicyclic amines) is 1. The maximum atomic E-state index is 5.50. The number of anilines is 1. The Labute approximate surface area is 136 Å². The molecule has 3 N–H and O–H groups in total. The summed E-state index contributed by atoms with van der Waals surface area (Å²) in [7, 11) is 0. The number of nitrogens with zero attached hydrogens (tertiary/aromatic N) is 1. The zero-order chi connectivity index (χ0) is 15.6. The quantitative estimate of drug-likeness (QED) is 0.681. The Morgan fingerprint density at radius 3 is 2.64 bits per heavy atom. The Morgan fingerprint density at radius 2 is 1.91 bits per heavy atom. The normalized spacial score (nSPS) is 19.3. The van der Waals surface area contributed by atoms with Gasteiger partial charge in [-0.2, -0.15) is 0 Å². The molecule has 1 atom stereocenters. The number of nitrogens with one attached hydrogen (secondary N) is 1. The van der Waals surface area contributed by atoms with E-state index in [1.54, 1.807) is 0 Å². The lowest BCUT2D eigenvalue weighted by Crippen LogP contribution is -2.33. The smallest absolute Gasteiger partial charge is 0.0340 e. The Bertz CT molecular complexity index is 402. The summed E-state index contributed by atoms with van der Waals surface area (Å²) >= 11 is 0. The Morgan fingerprint density at radius 1 is 1.14 bits per heavy atom. The predicted molar refractivity (Wildman–Crippen MR) is 96.1 cm³/mol. The van der Waals surface area contributed by atoms with Crippen molar-refractivity contribution in [3.8, 4) is 0 Å². The Kier molecular flexibility index (Phi) is 7.75. The van der Waals surface area contributed by atoms with Gasteiger partial charge in [-0.1, -0.05) is 31.9 Å². The van der Waals surface area contributed by atoms with Crippen LogP contribution in [-0.2, 0) is 6.54 Å². The molecule has 1 aromatic rings. The zero-order valence-electron chi connectivity index (χ0n) is 14.2. The molecule has 0 spiro atoms. The molecule has 1 aliphatic heterocycles. The highest BCUT2D eigenvalue weighted by Crippen LogP contribution is 2.18. The third-order valence-electron chi connectivity index (χ3n) is 4.56. The van der Waals surface area contributed by atoms with E-state index in [9.17, 15) is 0 Å². The number of nitrogens with two attached hydrogens (primary N) is 1. The molecule has 1 unspecified atom stereocenters. The van der Waals surface area contributed by atoms with Crippen LogP contribution in [0.4, 0.5) is 5.69 Å². The van der Waals surface area contributed by atoms with Crippen molar-refractivity contribution in [1.82, 2.24) is 4.90 Å². The van der Waals surface area contributed by atoms with E-state index in [1.165, 1.54) is 56.4 Å². The average Bonchev–Trinajstić information content (AvgIpc) is 2.52. The maximum Gasteiger partial charge on any atom is 0.0340 e. The van der Waals surface area contributed by atoms with Gasteiger partial charge in [0.05, 0.1) is 0 Å². The Hall–Kier alpha value is -1.06. The first-order valence-corrected chi connectivity index (χ1v) is 9.03. The molecule has 22 heavy (non-hydrogen) atoms. The second-order valence-electron chi connectivity index (χ2n) is 6.81. The number of hydrogen-bond donors (Lipinski definition) is 2. The highest BCUT2D eigenvalue weighted by Gasteiger charge is 2.15. The van der Waals surface area contributed by atoms with Gasteiger partial charge in [0, 0.05) is 25.3 Å². The van der Waals surface area contributed by atoms with E-state index in [-0.39, 0.29) is 0 Å². The number of rotatable bonds is 9. The van der Waals surface area contributed by atoms with Gasteiger partial charge in [0.2, 0.25) is 0 Å². The van der Waals surface area contributed by atoms with Crippen molar-refractivity contribution in [2.45, 2.75) is 52.0 Å². The summed E-state index contributed by atoms with van der Waals surface area (Å²) in [5.74, 6) is 0.856. The first-order valence-electron chi connectivity index (χ1n) is 9.03. The molecule has 124 valence electrons. The molecular weight excluding hydrogens is 270 g/mol. The molecule has 0 aromatic heterocycles. The first-order chi connectivity index (χ1) is 10.8. The third-order valence-corrected chi connectivity index (χ3v) is 4.56. The summed E-state index contributed by atoms with van der Waals surface area (Å²) in [6, 6.07) is 9.00. The molecule has 0 radical (unpaired) electrons. The van der Waals surface area contributed by atoms with E-state index >= 15 is 0 Å². The second kappa shape index (κ2) is 9.86. The minimum absolute atomic E-state index is 0.824. The molecule has 1 aliphatic rings. The number of piperidine rings is 1. The average molecular weight is 303 g/mol. The second-order valence-corrected chi connectivity index (χ2v) is 6.81. The third kappa shape index (κ3) is 6.37. The number of unbranched alkanes of at least 4 members (excludes halogenated alkanes) is 3. The molecule has 0 saturated carbocycles. The highest BCUT2D eigenvalue weighted by atomic mass is 15.1. The molecule has 2 rings (SSSR count). The van der Waals surface area contributed by atoms with E-state index < -0.39 is 0 Å². The minimum Gasteiger partial charge on any atom is -0.385 e. The molecule has 0 bridgehead atoms. The van der Waals surface area contributed by atoms with Crippen molar-refractivity contribution in [2.75, 3.05) is 31.5 Å². The standard InChI is InChI=1S/C19H33N3/c1-17-7-6-14-22(15-17)16-18-8-10-19(11-9-18)21-13-5-3-2-4-12-20/h8-11,17,21H,2-7,12-16,20H2,1H3. The van der Waals surface area contributed by atoms with Crippen molar-refractivity contribution in [3.63, 3.8) is 0 Å². The highest BCUT2D eigenvalue weighted by molar-refractivity contribution is 5.44. The lowest BCUT2D eigenvalue weighted by Gasteiger charge is -2.30. The van der Waals surface area contributed by atoms with E-state index in [0.717, 1.165) is 32.0 Å². The van der Waals surface area contributed by atoms with Crippen molar-refractivity contribution in [3.05, 3.63) is 29.8 Å². The van der Waals surface area contributed by atoms with Gasteiger partial charge in [-0.15, -0.1) is 0 Å². The van der Waals surface area contributed by atoms with Crippen LogP contribution in [0.25, 0.3) is 0 Å². The van der Waals surface area contributed by atoms with E-state index in [1.807, 2.05) is 0 Å². The summed E-state index contributed by atoms with van der Waals surface area (Å²) in [6.07, 6.45) is 7.66. The van der Waals surface area contributed by atoms with Crippen LogP contribution < -0.4 is 11.1 Å². The van der Waals surface area contributed by atoms with Crippen LogP contribution in [0, 0.1) is 5.92 Å². The fourth-order valence-corrected chi connectivity index (χ4v) is 3.27.